The molecular weight excluding hydrogens is 190 g/mol. The molecule has 0 heterocycles. The van der Waals surface area contributed by atoms with Crippen LogP contribution in [0.25, 0.3) is 0 Å². The molecule has 0 aromatic rings. The van der Waals surface area contributed by atoms with Crippen LogP contribution in [-0.4, -0.2) is 12.6 Å². The van der Waals surface area contributed by atoms with Gasteiger partial charge in [0.15, 0.2) is 0 Å². The maximum absolute atomic E-state index is 11.5. The van der Waals surface area contributed by atoms with Crippen LogP contribution in [0.2, 0.25) is 0 Å². The van der Waals surface area contributed by atoms with E-state index < -0.39 is 5.97 Å². The average molecular weight is 205 g/mol. The molecule has 2 aliphatic rings. The molecule has 0 N–H and O–H groups in total. The maximum atomic E-state index is 11.5. The zero-order valence-electron chi connectivity index (χ0n) is 8.95. The Hall–Kier alpha value is -1.30. The molecule has 0 aliphatic heterocycles. The van der Waals surface area contributed by atoms with E-state index in [0.717, 1.165) is 24.3 Å². The SMILES string of the molecule is CCOC(=O)C(C#N)=C1CC2CCCC12. The smallest absolute Gasteiger partial charge is 0.348 e. The van der Waals surface area contributed by atoms with Gasteiger partial charge in [-0.3, -0.25) is 0 Å². The lowest BCUT2D eigenvalue weighted by molar-refractivity contribution is -0.138. The van der Waals surface area contributed by atoms with Crippen LogP contribution < -0.4 is 0 Å². The van der Waals surface area contributed by atoms with Crippen LogP contribution in [0.3, 0.4) is 0 Å². The second-order valence-electron chi connectivity index (χ2n) is 4.23. The van der Waals surface area contributed by atoms with Gasteiger partial charge in [-0.25, -0.2) is 4.79 Å². The van der Waals surface area contributed by atoms with E-state index in [2.05, 4.69) is 0 Å². The van der Waals surface area contributed by atoms with Crippen molar-refractivity contribution in [1.29, 1.82) is 5.26 Å². The van der Waals surface area contributed by atoms with Gasteiger partial charge in [0.1, 0.15) is 11.6 Å². The van der Waals surface area contributed by atoms with Crippen molar-refractivity contribution in [1.82, 2.24) is 0 Å². The third kappa shape index (κ3) is 1.65. The van der Waals surface area contributed by atoms with Crippen LogP contribution in [0.4, 0.5) is 0 Å². The topological polar surface area (TPSA) is 50.1 Å². The monoisotopic (exact) mass is 205 g/mol. The predicted molar refractivity (Wildman–Crippen MR) is 54.7 cm³/mol. The van der Waals surface area contributed by atoms with E-state index in [-0.39, 0.29) is 5.57 Å². The van der Waals surface area contributed by atoms with Crippen molar-refractivity contribution in [3.63, 3.8) is 0 Å². The molecule has 0 bridgehead atoms. The van der Waals surface area contributed by atoms with Crippen LogP contribution >= 0.6 is 0 Å². The summed E-state index contributed by atoms with van der Waals surface area (Å²) < 4.78 is 4.88. The Morgan fingerprint density at radius 1 is 1.60 bits per heavy atom. The molecule has 0 amide bonds. The summed E-state index contributed by atoms with van der Waals surface area (Å²) in [6.07, 6.45) is 4.58. The number of rotatable bonds is 2. The van der Waals surface area contributed by atoms with Gasteiger partial charge in [0, 0.05) is 0 Å². The molecule has 0 radical (unpaired) electrons. The average Bonchev–Trinajstić information content (AvgIpc) is 2.56. The van der Waals surface area contributed by atoms with E-state index in [4.69, 9.17) is 10.00 Å². The van der Waals surface area contributed by atoms with Crippen LogP contribution in [0.1, 0.15) is 32.6 Å². The molecule has 2 aliphatic carbocycles. The quantitative estimate of drug-likeness (QED) is 0.394. The molecule has 15 heavy (non-hydrogen) atoms. The van der Waals surface area contributed by atoms with Crippen molar-refractivity contribution in [2.24, 2.45) is 11.8 Å². The molecule has 2 fully saturated rings. The van der Waals surface area contributed by atoms with Crippen LogP contribution in [0, 0.1) is 23.2 Å². The number of fused-ring (bicyclic) bond motifs is 1. The van der Waals surface area contributed by atoms with Gasteiger partial charge in [0.05, 0.1) is 6.61 Å². The summed E-state index contributed by atoms with van der Waals surface area (Å²) in [5, 5.41) is 8.97. The number of nitriles is 1. The van der Waals surface area contributed by atoms with Crippen molar-refractivity contribution < 1.29 is 9.53 Å². The first-order chi connectivity index (χ1) is 7.27. The minimum atomic E-state index is -0.430. The summed E-state index contributed by atoms with van der Waals surface area (Å²) in [7, 11) is 0. The van der Waals surface area contributed by atoms with E-state index in [1.165, 1.54) is 12.8 Å². The van der Waals surface area contributed by atoms with E-state index in [9.17, 15) is 4.79 Å². The van der Waals surface area contributed by atoms with Crippen molar-refractivity contribution in [2.45, 2.75) is 32.6 Å². The highest BCUT2D eigenvalue weighted by molar-refractivity contribution is 5.94. The predicted octanol–water partition coefficient (Wildman–Crippen LogP) is 2.19. The largest absolute Gasteiger partial charge is 0.462 e. The lowest BCUT2D eigenvalue weighted by Crippen LogP contribution is -2.27. The Balaban J connectivity index is 2.16. The van der Waals surface area contributed by atoms with Crippen LogP contribution in [-0.2, 0) is 9.53 Å². The molecule has 2 saturated carbocycles. The lowest BCUT2D eigenvalue weighted by atomic mass is 9.69. The fourth-order valence-corrected chi connectivity index (χ4v) is 2.75. The maximum Gasteiger partial charge on any atom is 0.348 e. The first kappa shape index (κ1) is 10.2. The second-order valence-corrected chi connectivity index (χ2v) is 4.23. The molecule has 0 aromatic heterocycles. The number of ether oxygens (including phenoxy) is 1. The van der Waals surface area contributed by atoms with Gasteiger partial charge < -0.3 is 4.74 Å². The molecule has 2 unspecified atom stereocenters. The highest BCUT2D eigenvalue weighted by Crippen LogP contribution is 2.51. The number of hydrogen-bond donors (Lipinski definition) is 0. The lowest BCUT2D eigenvalue weighted by Gasteiger charge is -2.34. The zero-order chi connectivity index (χ0) is 10.8. The summed E-state index contributed by atoms with van der Waals surface area (Å²) in [6, 6.07) is 2.01. The van der Waals surface area contributed by atoms with E-state index in [1.807, 2.05) is 6.07 Å². The number of carbonyl (C=O) groups is 1. The molecule has 0 saturated heterocycles. The van der Waals surface area contributed by atoms with Gasteiger partial charge in [-0.15, -0.1) is 0 Å². The number of hydrogen-bond acceptors (Lipinski definition) is 3. The Bertz CT molecular complexity index is 351. The van der Waals surface area contributed by atoms with Gasteiger partial charge in [-0.05, 0) is 43.6 Å². The van der Waals surface area contributed by atoms with E-state index >= 15 is 0 Å². The number of allylic oxidation sites excluding steroid dienone is 1. The molecule has 0 aromatic carbocycles. The molecule has 2 rings (SSSR count). The highest BCUT2D eigenvalue weighted by Gasteiger charge is 2.42. The molecule has 3 nitrogen and oxygen atoms in total. The summed E-state index contributed by atoms with van der Waals surface area (Å²) >= 11 is 0. The summed E-state index contributed by atoms with van der Waals surface area (Å²) in [6.45, 7) is 2.10. The number of esters is 1. The number of carbonyl (C=O) groups excluding carboxylic acids is 1. The van der Waals surface area contributed by atoms with Crippen molar-refractivity contribution in [3.8, 4) is 6.07 Å². The molecule has 0 spiro atoms. The minimum Gasteiger partial charge on any atom is -0.462 e. The zero-order valence-corrected chi connectivity index (χ0v) is 8.95. The Labute approximate surface area is 89.7 Å². The molecular formula is C12H15NO2. The summed E-state index contributed by atoms with van der Waals surface area (Å²) in [5.41, 5.74) is 1.33. The first-order valence-corrected chi connectivity index (χ1v) is 5.58. The molecule has 80 valence electrons. The normalized spacial score (nSPS) is 31.2. The van der Waals surface area contributed by atoms with E-state index in [1.54, 1.807) is 6.92 Å². The number of nitrogens with zero attached hydrogens (tertiary/aromatic N) is 1. The van der Waals surface area contributed by atoms with E-state index in [0.29, 0.717) is 12.5 Å². The van der Waals surface area contributed by atoms with Gasteiger partial charge in [-0.1, -0.05) is 6.42 Å². The summed E-state index contributed by atoms with van der Waals surface area (Å²) in [5.74, 6) is 0.808. The molecule has 3 heteroatoms. The van der Waals surface area contributed by atoms with Gasteiger partial charge in [-0.2, -0.15) is 5.26 Å². The standard InChI is InChI=1S/C12H15NO2/c1-2-15-12(14)11(7-13)10-6-8-4-3-5-9(8)10/h8-9H,2-6H2,1H3. The third-order valence-electron chi connectivity index (χ3n) is 3.50. The fourth-order valence-electron chi connectivity index (χ4n) is 2.75. The first-order valence-electron chi connectivity index (χ1n) is 5.58. The Morgan fingerprint density at radius 3 is 3.00 bits per heavy atom. The highest BCUT2D eigenvalue weighted by atomic mass is 16.5. The van der Waals surface area contributed by atoms with Crippen molar-refractivity contribution in [3.05, 3.63) is 11.1 Å². The third-order valence-corrected chi connectivity index (χ3v) is 3.50. The van der Waals surface area contributed by atoms with Gasteiger partial charge >= 0.3 is 5.97 Å². The second kappa shape index (κ2) is 4.06. The van der Waals surface area contributed by atoms with Crippen LogP contribution in [0.15, 0.2) is 11.1 Å². The minimum absolute atomic E-state index is 0.278. The fraction of sp³-hybridized carbons (Fsp3) is 0.667. The van der Waals surface area contributed by atoms with Crippen molar-refractivity contribution >= 4 is 5.97 Å². The van der Waals surface area contributed by atoms with Gasteiger partial charge in [0.2, 0.25) is 0 Å². The van der Waals surface area contributed by atoms with Crippen molar-refractivity contribution in [2.75, 3.05) is 6.61 Å². The molecule has 2 atom stereocenters. The van der Waals surface area contributed by atoms with Gasteiger partial charge in [0.25, 0.3) is 0 Å². The Morgan fingerprint density at radius 2 is 2.40 bits per heavy atom. The summed E-state index contributed by atoms with van der Waals surface area (Å²) in [4.78, 5) is 11.5. The van der Waals surface area contributed by atoms with Crippen LogP contribution in [0.5, 0.6) is 0 Å². The Kier molecular flexibility index (Phi) is 2.77.